The van der Waals surface area contributed by atoms with Gasteiger partial charge in [-0.05, 0) is 48.5 Å². The first kappa shape index (κ1) is 21.8. The number of nitrogens with zero attached hydrogens (tertiary/aromatic N) is 1. The molecule has 32 heavy (non-hydrogen) atoms. The van der Waals surface area contributed by atoms with Crippen molar-refractivity contribution in [2.24, 2.45) is 0 Å². The molecule has 0 saturated heterocycles. The first-order chi connectivity index (χ1) is 15.4. The zero-order chi connectivity index (χ0) is 22.8. The van der Waals surface area contributed by atoms with Gasteiger partial charge in [0, 0.05) is 16.8 Å². The summed E-state index contributed by atoms with van der Waals surface area (Å²) in [4.78, 5) is 17.2. The molecule has 9 heteroatoms. The number of rotatable bonds is 6. The van der Waals surface area contributed by atoms with Crippen molar-refractivity contribution >= 4 is 45.9 Å². The smallest absolute Gasteiger partial charge is 0.255 e. The van der Waals surface area contributed by atoms with Gasteiger partial charge in [0.25, 0.3) is 5.91 Å². The Kier molecular flexibility index (Phi) is 6.12. The summed E-state index contributed by atoms with van der Waals surface area (Å²) >= 11 is 12.3. The van der Waals surface area contributed by atoms with Crippen LogP contribution in [-0.2, 0) is 0 Å². The molecule has 4 rings (SSSR count). The molecular weight excluding hydrogens is 455 g/mol. The summed E-state index contributed by atoms with van der Waals surface area (Å²) in [5.41, 5.74) is 2.72. The molecule has 0 aliphatic carbocycles. The summed E-state index contributed by atoms with van der Waals surface area (Å²) in [5, 5.41) is 3.30. The summed E-state index contributed by atoms with van der Waals surface area (Å²) in [5.74, 6) is 1.53. The number of methoxy groups -OCH3 is 3. The van der Waals surface area contributed by atoms with Crippen LogP contribution in [0.4, 0.5) is 5.69 Å². The highest BCUT2D eigenvalue weighted by atomic mass is 35.5. The highest BCUT2D eigenvalue weighted by Crippen LogP contribution is 2.35. The summed E-state index contributed by atoms with van der Waals surface area (Å²) in [6.07, 6.45) is 0. The highest BCUT2D eigenvalue weighted by Gasteiger charge is 2.16. The van der Waals surface area contributed by atoms with Crippen LogP contribution in [0.3, 0.4) is 0 Å². The molecule has 0 bridgehead atoms. The van der Waals surface area contributed by atoms with Crippen LogP contribution in [0.2, 0.25) is 10.0 Å². The van der Waals surface area contributed by atoms with Crippen molar-refractivity contribution < 1.29 is 23.4 Å². The molecule has 3 aromatic carbocycles. The Morgan fingerprint density at radius 1 is 0.906 bits per heavy atom. The first-order valence-electron chi connectivity index (χ1n) is 9.41. The Balaban J connectivity index is 1.60. The molecule has 1 aromatic heterocycles. The molecule has 4 aromatic rings. The number of amides is 1. The predicted octanol–water partition coefficient (Wildman–Crippen LogP) is 6.08. The lowest BCUT2D eigenvalue weighted by Crippen LogP contribution is -2.12. The van der Waals surface area contributed by atoms with Gasteiger partial charge in [-0.3, -0.25) is 4.79 Å². The average molecular weight is 473 g/mol. The van der Waals surface area contributed by atoms with Crippen LogP contribution in [0.1, 0.15) is 10.4 Å². The normalized spacial score (nSPS) is 10.8. The van der Waals surface area contributed by atoms with E-state index in [1.807, 2.05) is 6.07 Å². The van der Waals surface area contributed by atoms with E-state index < -0.39 is 0 Å². The van der Waals surface area contributed by atoms with Crippen molar-refractivity contribution in [1.82, 2.24) is 4.98 Å². The van der Waals surface area contributed by atoms with Crippen molar-refractivity contribution in [2.45, 2.75) is 0 Å². The Morgan fingerprint density at radius 3 is 2.28 bits per heavy atom. The Hall–Kier alpha value is -3.42. The van der Waals surface area contributed by atoms with E-state index in [1.165, 1.54) is 19.2 Å². The summed E-state index contributed by atoms with van der Waals surface area (Å²) in [7, 11) is 4.59. The number of halogens is 2. The number of hydrogen-bond acceptors (Lipinski definition) is 6. The summed E-state index contributed by atoms with van der Waals surface area (Å²) in [6.45, 7) is 0. The number of carbonyl (C=O) groups excluding carboxylic acids is 1. The van der Waals surface area contributed by atoms with E-state index in [-0.39, 0.29) is 16.0 Å². The SMILES string of the molecule is COc1ccc(-c2nc3cc(NC(=O)c4cc(Cl)c(OC)c(Cl)c4)ccc3o2)cc1OC. The summed E-state index contributed by atoms with van der Waals surface area (Å²) in [6, 6.07) is 13.5. The monoisotopic (exact) mass is 472 g/mol. The highest BCUT2D eigenvalue weighted by molar-refractivity contribution is 6.37. The van der Waals surface area contributed by atoms with Crippen LogP contribution in [0.25, 0.3) is 22.6 Å². The number of fused-ring (bicyclic) bond motifs is 1. The molecule has 0 spiro atoms. The lowest BCUT2D eigenvalue weighted by atomic mass is 10.2. The second-order valence-electron chi connectivity index (χ2n) is 6.70. The van der Waals surface area contributed by atoms with Gasteiger partial charge in [0.05, 0.1) is 31.4 Å². The van der Waals surface area contributed by atoms with E-state index >= 15 is 0 Å². The molecule has 0 aliphatic heterocycles. The van der Waals surface area contributed by atoms with Crippen LogP contribution in [0, 0.1) is 0 Å². The Bertz CT molecular complexity index is 1300. The van der Waals surface area contributed by atoms with Crippen molar-refractivity contribution in [2.75, 3.05) is 26.6 Å². The van der Waals surface area contributed by atoms with Crippen LogP contribution in [0.5, 0.6) is 17.2 Å². The zero-order valence-corrected chi connectivity index (χ0v) is 18.9. The molecule has 0 radical (unpaired) electrons. The lowest BCUT2D eigenvalue weighted by Gasteiger charge is -2.09. The minimum atomic E-state index is -0.376. The largest absolute Gasteiger partial charge is 0.494 e. The van der Waals surface area contributed by atoms with Gasteiger partial charge in [-0.15, -0.1) is 0 Å². The molecule has 0 aliphatic rings. The minimum absolute atomic E-state index is 0.247. The van der Waals surface area contributed by atoms with Crippen LogP contribution in [0.15, 0.2) is 52.9 Å². The van der Waals surface area contributed by atoms with E-state index in [2.05, 4.69) is 10.3 Å². The number of nitrogens with one attached hydrogen (secondary N) is 1. The fraction of sp³-hybridized carbons (Fsp3) is 0.130. The first-order valence-corrected chi connectivity index (χ1v) is 10.2. The molecule has 0 unspecified atom stereocenters. The molecule has 164 valence electrons. The number of oxazole rings is 1. The van der Waals surface area contributed by atoms with Crippen molar-refractivity contribution in [1.29, 1.82) is 0 Å². The lowest BCUT2D eigenvalue weighted by molar-refractivity contribution is 0.102. The maximum atomic E-state index is 12.7. The van der Waals surface area contributed by atoms with Gasteiger partial charge in [-0.1, -0.05) is 23.2 Å². The van der Waals surface area contributed by atoms with Gasteiger partial charge in [0.1, 0.15) is 5.52 Å². The number of anilines is 1. The zero-order valence-electron chi connectivity index (χ0n) is 17.4. The van der Waals surface area contributed by atoms with E-state index in [9.17, 15) is 4.79 Å². The molecule has 0 saturated carbocycles. The maximum Gasteiger partial charge on any atom is 0.255 e. The number of benzene rings is 3. The van der Waals surface area contributed by atoms with Crippen molar-refractivity contribution in [3.05, 3.63) is 64.1 Å². The van der Waals surface area contributed by atoms with Crippen LogP contribution < -0.4 is 19.5 Å². The molecule has 0 fully saturated rings. The quantitative estimate of drug-likeness (QED) is 0.366. The molecular formula is C23H18Cl2N2O5. The van der Waals surface area contributed by atoms with Gasteiger partial charge in [0.15, 0.2) is 22.8 Å². The van der Waals surface area contributed by atoms with Crippen molar-refractivity contribution in [3.8, 4) is 28.7 Å². The molecule has 0 atom stereocenters. The van der Waals surface area contributed by atoms with E-state index in [1.54, 1.807) is 44.6 Å². The number of aromatic nitrogens is 1. The van der Waals surface area contributed by atoms with Gasteiger partial charge >= 0.3 is 0 Å². The van der Waals surface area contributed by atoms with Crippen LogP contribution >= 0.6 is 23.2 Å². The molecule has 1 N–H and O–H groups in total. The molecule has 1 amide bonds. The van der Waals surface area contributed by atoms with E-state index in [0.717, 1.165) is 5.56 Å². The topological polar surface area (TPSA) is 82.8 Å². The Labute approximate surface area is 193 Å². The van der Waals surface area contributed by atoms with Gasteiger partial charge in [-0.2, -0.15) is 0 Å². The predicted molar refractivity (Wildman–Crippen MR) is 124 cm³/mol. The third-order valence-corrected chi connectivity index (χ3v) is 5.30. The third kappa shape index (κ3) is 4.17. The molecule has 7 nitrogen and oxygen atoms in total. The Morgan fingerprint density at radius 2 is 1.62 bits per heavy atom. The molecule has 1 heterocycles. The number of hydrogen-bond donors (Lipinski definition) is 1. The minimum Gasteiger partial charge on any atom is -0.494 e. The number of carbonyl (C=O) groups is 1. The van der Waals surface area contributed by atoms with Gasteiger partial charge in [-0.25, -0.2) is 4.98 Å². The van der Waals surface area contributed by atoms with Gasteiger partial charge < -0.3 is 23.9 Å². The standard InChI is InChI=1S/C23H18Cl2N2O5/c1-29-19-6-4-12(10-20(19)30-2)23-27-17-11-14(5-7-18(17)32-23)26-22(28)13-8-15(24)21(31-3)16(25)9-13/h4-11H,1-3H3,(H,26,28). The van der Waals surface area contributed by atoms with Gasteiger partial charge in [0.2, 0.25) is 5.89 Å². The average Bonchev–Trinajstić information content (AvgIpc) is 3.21. The van der Waals surface area contributed by atoms with Crippen molar-refractivity contribution in [3.63, 3.8) is 0 Å². The fourth-order valence-corrected chi connectivity index (χ4v) is 3.83. The third-order valence-electron chi connectivity index (χ3n) is 4.74. The number of ether oxygens (including phenoxy) is 3. The van der Waals surface area contributed by atoms with E-state index in [0.29, 0.717) is 45.5 Å². The summed E-state index contributed by atoms with van der Waals surface area (Å²) < 4.78 is 21.6. The van der Waals surface area contributed by atoms with E-state index in [4.69, 9.17) is 41.8 Å². The maximum absolute atomic E-state index is 12.7. The second kappa shape index (κ2) is 8.98. The van der Waals surface area contributed by atoms with Crippen LogP contribution in [-0.4, -0.2) is 32.2 Å². The fourth-order valence-electron chi connectivity index (χ4n) is 3.19. The second-order valence-corrected chi connectivity index (χ2v) is 7.51.